The highest BCUT2D eigenvalue weighted by Crippen LogP contribution is 2.37. The lowest BCUT2D eigenvalue weighted by atomic mass is 10.1. The SMILES string of the molecule is OCC1CCN(c2c(Cl)cc(F)cc2Br)C1. The second kappa shape index (κ2) is 4.90. The Morgan fingerprint density at radius 2 is 2.31 bits per heavy atom. The average molecular weight is 309 g/mol. The molecule has 1 aromatic carbocycles. The topological polar surface area (TPSA) is 23.5 Å². The fourth-order valence-corrected chi connectivity index (χ4v) is 3.14. The van der Waals surface area contributed by atoms with Crippen LogP contribution in [0.15, 0.2) is 16.6 Å². The third-order valence-electron chi connectivity index (χ3n) is 2.84. The van der Waals surface area contributed by atoms with Crippen LogP contribution in [-0.2, 0) is 0 Å². The first-order chi connectivity index (χ1) is 7.61. The van der Waals surface area contributed by atoms with Crippen LogP contribution in [0.2, 0.25) is 5.02 Å². The zero-order valence-corrected chi connectivity index (χ0v) is 10.9. The van der Waals surface area contributed by atoms with Crippen molar-refractivity contribution in [2.45, 2.75) is 6.42 Å². The summed E-state index contributed by atoms with van der Waals surface area (Å²) in [5, 5.41) is 9.49. The third-order valence-corrected chi connectivity index (χ3v) is 3.73. The van der Waals surface area contributed by atoms with Crippen molar-refractivity contribution in [1.82, 2.24) is 0 Å². The van der Waals surface area contributed by atoms with Crippen molar-refractivity contribution in [1.29, 1.82) is 0 Å². The zero-order valence-electron chi connectivity index (χ0n) is 8.59. The molecule has 0 radical (unpaired) electrons. The van der Waals surface area contributed by atoms with Gasteiger partial charge in [0, 0.05) is 30.1 Å². The minimum absolute atomic E-state index is 0.187. The number of nitrogens with zero attached hydrogens (tertiary/aromatic N) is 1. The lowest BCUT2D eigenvalue weighted by Gasteiger charge is -2.21. The normalized spacial score (nSPS) is 20.5. The summed E-state index contributed by atoms with van der Waals surface area (Å²) in [6.45, 7) is 1.79. The van der Waals surface area contributed by atoms with Crippen LogP contribution in [0.1, 0.15) is 6.42 Å². The summed E-state index contributed by atoms with van der Waals surface area (Å²) in [7, 11) is 0. The summed E-state index contributed by atoms with van der Waals surface area (Å²) >= 11 is 9.35. The quantitative estimate of drug-likeness (QED) is 0.907. The molecule has 1 heterocycles. The van der Waals surface area contributed by atoms with E-state index in [1.807, 2.05) is 0 Å². The lowest BCUT2D eigenvalue weighted by molar-refractivity contribution is 0.238. The first-order valence-electron chi connectivity index (χ1n) is 5.12. The van der Waals surface area contributed by atoms with Crippen molar-refractivity contribution in [2.75, 3.05) is 24.6 Å². The Labute approximate surface area is 107 Å². The van der Waals surface area contributed by atoms with Crippen LogP contribution in [0.3, 0.4) is 0 Å². The van der Waals surface area contributed by atoms with Gasteiger partial charge in [-0.3, -0.25) is 0 Å². The molecular weight excluding hydrogens is 296 g/mol. The molecule has 2 nitrogen and oxygen atoms in total. The summed E-state index contributed by atoms with van der Waals surface area (Å²) in [4.78, 5) is 2.08. The number of aliphatic hydroxyl groups is 1. The first-order valence-corrected chi connectivity index (χ1v) is 6.29. The molecule has 0 saturated carbocycles. The van der Waals surface area contributed by atoms with Gasteiger partial charge in [-0.25, -0.2) is 4.39 Å². The lowest BCUT2D eigenvalue weighted by Crippen LogP contribution is -2.21. The van der Waals surface area contributed by atoms with Crippen molar-refractivity contribution in [3.63, 3.8) is 0 Å². The Kier molecular flexibility index (Phi) is 3.72. The molecule has 0 spiro atoms. The van der Waals surface area contributed by atoms with E-state index in [0.717, 1.165) is 25.2 Å². The number of benzene rings is 1. The van der Waals surface area contributed by atoms with Crippen LogP contribution in [-0.4, -0.2) is 24.8 Å². The molecule has 0 amide bonds. The number of aliphatic hydroxyl groups excluding tert-OH is 1. The Hall–Kier alpha value is -0.320. The van der Waals surface area contributed by atoms with Crippen LogP contribution in [0.4, 0.5) is 10.1 Å². The van der Waals surface area contributed by atoms with E-state index in [4.69, 9.17) is 16.7 Å². The van der Waals surface area contributed by atoms with E-state index in [-0.39, 0.29) is 18.3 Å². The molecule has 2 rings (SSSR count). The van der Waals surface area contributed by atoms with Crippen molar-refractivity contribution < 1.29 is 9.50 Å². The minimum Gasteiger partial charge on any atom is -0.396 e. The summed E-state index contributed by atoms with van der Waals surface area (Å²) in [6, 6.07) is 2.72. The average Bonchev–Trinajstić information content (AvgIpc) is 2.64. The van der Waals surface area contributed by atoms with E-state index < -0.39 is 0 Å². The van der Waals surface area contributed by atoms with Crippen molar-refractivity contribution in [2.24, 2.45) is 5.92 Å². The molecule has 5 heteroatoms. The fourth-order valence-electron chi connectivity index (χ4n) is 2.02. The second-order valence-corrected chi connectivity index (χ2v) is 5.26. The molecule has 1 unspecified atom stereocenters. The van der Waals surface area contributed by atoms with Gasteiger partial charge in [-0.2, -0.15) is 0 Å². The molecule has 88 valence electrons. The highest BCUT2D eigenvalue weighted by molar-refractivity contribution is 9.10. The van der Waals surface area contributed by atoms with Gasteiger partial charge in [0.2, 0.25) is 0 Å². The molecule has 1 fully saturated rings. The van der Waals surface area contributed by atoms with Gasteiger partial charge in [-0.1, -0.05) is 11.6 Å². The summed E-state index contributed by atoms with van der Waals surface area (Å²) in [6.07, 6.45) is 0.941. The van der Waals surface area contributed by atoms with E-state index in [0.29, 0.717) is 9.50 Å². The molecule has 1 aliphatic heterocycles. The Balaban J connectivity index is 2.28. The maximum absolute atomic E-state index is 13.1. The van der Waals surface area contributed by atoms with Crippen LogP contribution in [0.25, 0.3) is 0 Å². The van der Waals surface area contributed by atoms with Gasteiger partial charge in [0.25, 0.3) is 0 Å². The molecule has 0 aliphatic carbocycles. The van der Waals surface area contributed by atoms with Crippen LogP contribution in [0, 0.1) is 11.7 Å². The van der Waals surface area contributed by atoms with E-state index in [9.17, 15) is 4.39 Å². The predicted octanol–water partition coefficient (Wildman–Crippen LogP) is 3.06. The molecule has 1 saturated heterocycles. The molecule has 1 aromatic rings. The molecular formula is C11H12BrClFNO. The van der Waals surface area contributed by atoms with Crippen molar-refractivity contribution >= 4 is 33.2 Å². The van der Waals surface area contributed by atoms with E-state index in [1.54, 1.807) is 0 Å². The number of rotatable bonds is 2. The highest BCUT2D eigenvalue weighted by Gasteiger charge is 2.25. The molecule has 0 bridgehead atoms. The number of anilines is 1. The standard InChI is InChI=1S/C11H12BrClFNO/c12-9-3-8(14)4-10(13)11(9)15-2-1-7(5-15)6-16/h3-4,7,16H,1-2,5-6H2. The molecule has 0 aromatic heterocycles. The largest absolute Gasteiger partial charge is 0.396 e. The van der Waals surface area contributed by atoms with Gasteiger partial charge in [-0.05, 0) is 34.5 Å². The summed E-state index contributed by atoms with van der Waals surface area (Å²) < 4.78 is 13.7. The predicted molar refractivity (Wildman–Crippen MR) is 66.5 cm³/mol. The fraction of sp³-hybridized carbons (Fsp3) is 0.455. The first kappa shape index (κ1) is 12.1. The van der Waals surface area contributed by atoms with E-state index >= 15 is 0 Å². The Bertz CT molecular complexity index is 379. The van der Waals surface area contributed by atoms with E-state index in [1.165, 1.54) is 12.1 Å². The number of halogens is 3. The maximum atomic E-state index is 13.1. The minimum atomic E-state index is -0.349. The molecule has 16 heavy (non-hydrogen) atoms. The van der Waals surface area contributed by atoms with Gasteiger partial charge in [0.05, 0.1) is 10.7 Å². The van der Waals surface area contributed by atoms with Gasteiger partial charge in [0.15, 0.2) is 0 Å². The van der Waals surface area contributed by atoms with Gasteiger partial charge < -0.3 is 10.0 Å². The highest BCUT2D eigenvalue weighted by atomic mass is 79.9. The van der Waals surface area contributed by atoms with Crippen LogP contribution >= 0.6 is 27.5 Å². The zero-order chi connectivity index (χ0) is 11.7. The van der Waals surface area contributed by atoms with Gasteiger partial charge >= 0.3 is 0 Å². The van der Waals surface area contributed by atoms with Gasteiger partial charge in [-0.15, -0.1) is 0 Å². The molecule has 1 N–H and O–H groups in total. The maximum Gasteiger partial charge on any atom is 0.125 e. The Morgan fingerprint density at radius 1 is 1.56 bits per heavy atom. The summed E-state index contributed by atoms with van der Waals surface area (Å²) in [5.74, 6) is -0.0634. The number of hydrogen-bond donors (Lipinski definition) is 1. The van der Waals surface area contributed by atoms with Crippen molar-refractivity contribution in [3.8, 4) is 0 Å². The monoisotopic (exact) mass is 307 g/mol. The third kappa shape index (κ3) is 2.34. The van der Waals surface area contributed by atoms with Crippen LogP contribution < -0.4 is 4.90 Å². The number of hydrogen-bond acceptors (Lipinski definition) is 2. The van der Waals surface area contributed by atoms with Crippen molar-refractivity contribution in [3.05, 3.63) is 27.4 Å². The molecule has 1 aliphatic rings. The summed E-state index contributed by atoms with van der Waals surface area (Å²) in [5.41, 5.74) is 0.819. The Morgan fingerprint density at radius 3 is 2.88 bits per heavy atom. The smallest absolute Gasteiger partial charge is 0.125 e. The van der Waals surface area contributed by atoms with Gasteiger partial charge in [0.1, 0.15) is 5.82 Å². The van der Waals surface area contributed by atoms with E-state index in [2.05, 4.69) is 20.8 Å². The van der Waals surface area contributed by atoms with Crippen LogP contribution in [0.5, 0.6) is 0 Å². The second-order valence-electron chi connectivity index (χ2n) is 4.00. The molecule has 1 atom stereocenters.